The second kappa shape index (κ2) is 5.60. The van der Waals surface area contributed by atoms with Crippen molar-refractivity contribution in [1.82, 2.24) is 4.90 Å². The predicted molar refractivity (Wildman–Crippen MR) is 74.1 cm³/mol. The summed E-state index contributed by atoms with van der Waals surface area (Å²) in [5.74, 6) is 1.91. The van der Waals surface area contributed by atoms with Gasteiger partial charge in [0.15, 0.2) is 0 Å². The van der Waals surface area contributed by atoms with E-state index in [0.29, 0.717) is 29.8 Å². The number of likely N-dealkylation sites (tertiary alicyclic amines) is 1. The van der Waals surface area contributed by atoms with E-state index in [-0.39, 0.29) is 5.92 Å². The molecule has 1 aliphatic carbocycles. The van der Waals surface area contributed by atoms with E-state index in [1.165, 1.54) is 6.42 Å². The number of carbonyl (C=O) groups is 1. The molecule has 3 heteroatoms. The van der Waals surface area contributed by atoms with Gasteiger partial charge in [0.25, 0.3) is 0 Å². The molecule has 0 aromatic carbocycles. The number of piperidine rings is 1. The van der Waals surface area contributed by atoms with Gasteiger partial charge in [0.05, 0.1) is 0 Å². The predicted octanol–water partition coefficient (Wildman–Crippen LogP) is 2.40. The molecule has 1 aliphatic heterocycles. The molecule has 2 N–H and O–H groups in total. The van der Waals surface area contributed by atoms with Crippen molar-refractivity contribution in [1.29, 1.82) is 0 Å². The second-order valence-electron chi connectivity index (χ2n) is 6.66. The zero-order chi connectivity index (χ0) is 13.3. The summed E-state index contributed by atoms with van der Waals surface area (Å²) in [5.41, 5.74) is 5.92. The van der Waals surface area contributed by atoms with E-state index in [9.17, 15) is 4.79 Å². The summed E-state index contributed by atoms with van der Waals surface area (Å²) in [7, 11) is 0. The fourth-order valence-corrected chi connectivity index (χ4v) is 3.61. The SMILES string of the molecule is CC1CC(C)C(C)N(C(=O)C2CCC(N)CC2)C1. The molecular weight excluding hydrogens is 224 g/mol. The third-order valence-electron chi connectivity index (χ3n) is 5.00. The summed E-state index contributed by atoms with van der Waals surface area (Å²) in [6.07, 6.45) is 5.27. The minimum absolute atomic E-state index is 0.241. The molecule has 1 amide bonds. The lowest BCUT2D eigenvalue weighted by Gasteiger charge is -2.43. The number of rotatable bonds is 1. The molecule has 0 bridgehead atoms. The van der Waals surface area contributed by atoms with Crippen LogP contribution in [0.3, 0.4) is 0 Å². The molecule has 2 aliphatic rings. The summed E-state index contributed by atoms with van der Waals surface area (Å²) in [6.45, 7) is 7.70. The van der Waals surface area contributed by atoms with Crippen LogP contribution in [0.2, 0.25) is 0 Å². The number of carbonyl (C=O) groups excluding carboxylic acids is 1. The van der Waals surface area contributed by atoms with E-state index < -0.39 is 0 Å². The van der Waals surface area contributed by atoms with Crippen molar-refractivity contribution in [2.24, 2.45) is 23.5 Å². The Morgan fingerprint density at radius 3 is 2.33 bits per heavy atom. The maximum Gasteiger partial charge on any atom is 0.225 e. The van der Waals surface area contributed by atoms with E-state index >= 15 is 0 Å². The molecule has 1 saturated carbocycles. The van der Waals surface area contributed by atoms with Crippen molar-refractivity contribution >= 4 is 5.91 Å². The highest BCUT2D eigenvalue weighted by molar-refractivity contribution is 5.79. The van der Waals surface area contributed by atoms with Crippen LogP contribution in [0, 0.1) is 17.8 Å². The molecule has 1 saturated heterocycles. The molecule has 3 nitrogen and oxygen atoms in total. The smallest absolute Gasteiger partial charge is 0.225 e. The number of hydrogen-bond acceptors (Lipinski definition) is 2. The minimum atomic E-state index is 0.241. The van der Waals surface area contributed by atoms with Crippen LogP contribution in [0.1, 0.15) is 52.9 Å². The van der Waals surface area contributed by atoms with Gasteiger partial charge in [-0.1, -0.05) is 13.8 Å². The molecular formula is C15H28N2O. The highest BCUT2D eigenvalue weighted by atomic mass is 16.2. The van der Waals surface area contributed by atoms with Crippen LogP contribution >= 0.6 is 0 Å². The van der Waals surface area contributed by atoms with E-state index in [4.69, 9.17) is 5.73 Å². The highest BCUT2D eigenvalue weighted by Crippen LogP contribution is 2.31. The fraction of sp³-hybridized carbons (Fsp3) is 0.933. The number of nitrogens with two attached hydrogens (primary N) is 1. The largest absolute Gasteiger partial charge is 0.339 e. The second-order valence-corrected chi connectivity index (χ2v) is 6.66. The molecule has 0 aromatic heterocycles. The lowest BCUT2D eigenvalue weighted by molar-refractivity contribution is -0.142. The first-order valence-electron chi connectivity index (χ1n) is 7.55. The third kappa shape index (κ3) is 2.87. The van der Waals surface area contributed by atoms with Crippen LogP contribution in [0.15, 0.2) is 0 Å². The number of amides is 1. The Hall–Kier alpha value is -0.570. The zero-order valence-electron chi connectivity index (χ0n) is 12.1. The van der Waals surface area contributed by atoms with E-state index in [1.54, 1.807) is 0 Å². The van der Waals surface area contributed by atoms with Gasteiger partial charge in [0.1, 0.15) is 0 Å². The van der Waals surface area contributed by atoms with Crippen LogP contribution in [0.5, 0.6) is 0 Å². The molecule has 1 heterocycles. The van der Waals surface area contributed by atoms with Crippen molar-refractivity contribution < 1.29 is 4.79 Å². The third-order valence-corrected chi connectivity index (χ3v) is 5.00. The Kier molecular flexibility index (Phi) is 4.31. The molecule has 18 heavy (non-hydrogen) atoms. The average Bonchev–Trinajstić information content (AvgIpc) is 2.34. The summed E-state index contributed by atoms with van der Waals surface area (Å²) in [5, 5.41) is 0. The summed E-state index contributed by atoms with van der Waals surface area (Å²) in [4.78, 5) is 14.8. The fourth-order valence-electron chi connectivity index (χ4n) is 3.61. The van der Waals surface area contributed by atoms with Crippen molar-refractivity contribution in [3.05, 3.63) is 0 Å². The van der Waals surface area contributed by atoms with Crippen LogP contribution in [-0.2, 0) is 4.79 Å². The van der Waals surface area contributed by atoms with Crippen molar-refractivity contribution in [3.8, 4) is 0 Å². The topological polar surface area (TPSA) is 46.3 Å². The van der Waals surface area contributed by atoms with Gasteiger partial charge in [-0.25, -0.2) is 0 Å². The quantitative estimate of drug-likeness (QED) is 0.779. The Bertz CT molecular complexity index is 297. The van der Waals surface area contributed by atoms with Crippen molar-refractivity contribution in [2.45, 2.75) is 65.0 Å². The van der Waals surface area contributed by atoms with E-state index in [1.807, 2.05) is 0 Å². The lowest BCUT2D eigenvalue weighted by Crippen LogP contribution is -2.51. The monoisotopic (exact) mass is 252 g/mol. The van der Waals surface area contributed by atoms with Crippen molar-refractivity contribution in [2.75, 3.05) is 6.54 Å². The maximum atomic E-state index is 12.6. The molecule has 2 fully saturated rings. The summed E-state index contributed by atoms with van der Waals surface area (Å²) in [6, 6.07) is 0.731. The van der Waals surface area contributed by atoms with Gasteiger partial charge in [0.2, 0.25) is 5.91 Å². The van der Waals surface area contributed by atoms with Gasteiger partial charge in [0, 0.05) is 24.5 Å². The Morgan fingerprint density at radius 1 is 1.11 bits per heavy atom. The molecule has 3 unspecified atom stereocenters. The first kappa shape index (κ1) is 13.9. The Balaban J connectivity index is 1.99. The van der Waals surface area contributed by atoms with Gasteiger partial charge in [-0.3, -0.25) is 4.79 Å². The summed E-state index contributed by atoms with van der Waals surface area (Å²) < 4.78 is 0. The normalized spacial score (nSPS) is 41.8. The standard InChI is InChI=1S/C15H28N2O/c1-10-8-11(2)12(3)17(9-10)15(18)13-4-6-14(16)7-5-13/h10-14H,4-9,16H2,1-3H3. The van der Waals surface area contributed by atoms with E-state index in [0.717, 1.165) is 32.2 Å². The van der Waals surface area contributed by atoms with E-state index in [2.05, 4.69) is 25.7 Å². The van der Waals surface area contributed by atoms with Gasteiger partial charge in [-0.2, -0.15) is 0 Å². The van der Waals surface area contributed by atoms with Gasteiger partial charge >= 0.3 is 0 Å². The number of nitrogens with zero attached hydrogens (tertiary/aromatic N) is 1. The first-order valence-corrected chi connectivity index (χ1v) is 7.55. The van der Waals surface area contributed by atoms with Gasteiger partial charge in [-0.05, 0) is 50.9 Å². The van der Waals surface area contributed by atoms with Crippen LogP contribution < -0.4 is 5.73 Å². The molecule has 3 atom stereocenters. The lowest BCUT2D eigenvalue weighted by atomic mass is 9.82. The molecule has 0 spiro atoms. The maximum absolute atomic E-state index is 12.6. The Morgan fingerprint density at radius 2 is 1.72 bits per heavy atom. The number of hydrogen-bond donors (Lipinski definition) is 1. The van der Waals surface area contributed by atoms with Crippen molar-refractivity contribution in [3.63, 3.8) is 0 Å². The van der Waals surface area contributed by atoms with Crippen LogP contribution in [0.4, 0.5) is 0 Å². The molecule has 0 aromatic rings. The van der Waals surface area contributed by atoms with Gasteiger partial charge in [-0.15, -0.1) is 0 Å². The van der Waals surface area contributed by atoms with Crippen LogP contribution in [-0.4, -0.2) is 29.4 Å². The first-order chi connectivity index (χ1) is 8.49. The molecule has 2 rings (SSSR count). The average molecular weight is 252 g/mol. The van der Waals surface area contributed by atoms with Crippen LogP contribution in [0.25, 0.3) is 0 Å². The summed E-state index contributed by atoms with van der Waals surface area (Å²) >= 11 is 0. The minimum Gasteiger partial charge on any atom is -0.339 e. The molecule has 104 valence electrons. The Labute approximate surface area is 111 Å². The zero-order valence-corrected chi connectivity index (χ0v) is 12.1. The van der Waals surface area contributed by atoms with Gasteiger partial charge < -0.3 is 10.6 Å². The highest BCUT2D eigenvalue weighted by Gasteiger charge is 2.35. The molecule has 0 radical (unpaired) electrons.